The molecule has 0 radical (unpaired) electrons. The van der Waals surface area contributed by atoms with Crippen LogP contribution < -0.4 is 4.90 Å². The summed E-state index contributed by atoms with van der Waals surface area (Å²) in [5.41, 5.74) is 1.99. The molecule has 1 atom stereocenters. The monoisotopic (exact) mass is 254 g/mol. The van der Waals surface area contributed by atoms with E-state index in [1.165, 1.54) is 0 Å². The van der Waals surface area contributed by atoms with Gasteiger partial charge in [0.2, 0.25) is 0 Å². The summed E-state index contributed by atoms with van der Waals surface area (Å²) in [6.45, 7) is 1.71. The van der Waals surface area contributed by atoms with Crippen molar-refractivity contribution >= 4 is 17.3 Å². The van der Waals surface area contributed by atoms with Crippen molar-refractivity contribution in [1.82, 2.24) is 4.98 Å². The van der Waals surface area contributed by atoms with E-state index in [1.54, 1.807) is 30.2 Å². The maximum absolute atomic E-state index is 10.4. The van der Waals surface area contributed by atoms with Gasteiger partial charge in [-0.05, 0) is 31.2 Å². The van der Waals surface area contributed by atoms with Gasteiger partial charge in [-0.3, -0.25) is 4.90 Å². The topological polar surface area (TPSA) is 56.6 Å². The maximum atomic E-state index is 10.4. The minimum atomic E-state index is -0.912. The largest absolute Gasteiger partial charge is 0.507 e. The number of fused-ring (bicyclic) bond motifs is 1. The minimum absolute atomic E-state index is 0.0998. The van der Waals surface area contributed by atoms with E-state index in [0.29, 0.717) is 17.0 Å². The number of pyridine rings is 1. The third kappa shape index (κ3) is 1.77. The molecule has 0 spiro atoms. The highest BCUT2D eigenvalue weighted by Gasteiger charge is 2.31. The van der Waals surface area contributed by atoms with Crippen LogP contribution in [-0.4, -0.2) is 21.4 Å². The van der Waals surface area contributed by atoms with Crippen molar-refractivity contribution in [3.05, 3.63) is 59.8 Å². The average Bonchev–Trinajstić information content (AvgIpc) is 2.46. The number of hydrogen-bond donors (Lipinski definition) is 2. The Morgan fingerprint density at radius 1 is 1.11 bits per heavy atom. The van der Waals surface area contributed by atoms with Gasteiger partial charge in [-0.15, -0.1) is 0 Å². The van der Waals surface area contributed by atoms with Crippen LogP contribution in [0.15, 0.2) is 54.2 Å². The molecule has 1 aliphatic rings. The lowest BCUT2D eigenvalue weighted by atomic mass is 10.0. The Hall–Kier alpha value is -2.33. The van der Waals surface area contributed by atoms with E-state index in [-0.39, 0.29) is 5.76 Å². The van der Waals surface area contributed by atoms with Crippen LogP contribution in [-0.2, 0) is 0 Å². The third-order valence-electron chi connectivity index (χ3n) is 3.31. The maximum Gasteiger partial charge on any atom is 0.158 e. The number of benzene rings is 1. The van der Waals surface area contributed by atoms with Gasteiger partial charge in [-0.25, -0.2) is 4.98 Å². The van der Waals surface area contributed by atoms with Gasteiger partial charge >= 0.3 is 0 Å². The summed E-state index contributed by atoms with van der Waals surface area (Å²) in [6, 6.07) is 13.1. The predicted octanol–water partition coefficient (Wildman–Crippen LogP) is 2.84. The van der Waals surface area contributed by atoms with Gasteiger partial charge in [-0.2, -0.15) is 0 Å². The van der Waals surface area contributed by atoms with Crippen LogP contribution in [0, 0.1) is 0 Å². The minimum Gasteiger partial charge on any atom is -0.507 e. The molecule has 1 unspecified atom stereocenters. The van der Waals surface area contributed by atoms with Gasteiger partial charge in [0.1, 0.15) is 11.6 Å². The molecule has 96 valence electrons. The molecule has 4 heteroatoms. The van der Waals surface area contributed by atoms with Gasteiger partial charge in [-0.1, -0.05) is 18.2 Å². The fraction of sp³-hybridized carbons (Fsp3) is 0.133. The first kappa shape index (κ1) is 11.7. The Balaban J connectivity index is 2.22. The fourth-order valence-electron chi connectivity index (χ4n) is 2.27. The van der Waals surface area contributed by atoms with Gasteiger partial charge in [0.15, 0.2) is 6.23 Å². The molecule has 0 saturated heterocycles. The van der Waals surface area contributed by atoms with Crippen molar-refractivity contribution in [3.8, 4) is 0 Å². The zero-order chi connectivity index (χ0) is 13.4. The smallest absolute Gasteiger partial charge is 0.158 e. The average molecular weight is 254 g/mol. The first-order valence-corrected chi connectivity index (χ1v) is 6.07. The number of rotatable bonds is 1. The molecule has 0 saturated carbocycles. The molecule has 0 fully saturated rings. The van der Waals surface area contributed by atoms with Crippen molar-refractivity contribution in [3.63, 3.8) is 0 Å². The van der Waals surface area contributed by atoms with E-state index in [0.717, 1.165) is 5.69 Å². The van der Waals surface area contributed by atoms with Crippen LogP contribution >= 0.6 is 0 Å². The van der Waals surface area contributed by atoms with Crippen LogP contribution in [0.25, 0.3) is 5.76 Å². The number of hydrogen-bond acceptors (Lipinski definition) is 4. The van der Waals surface area contributed by atoms with Crippen LogP contribution in [0.4, 0.5) is 11.5 Å². The van der Waals surface area contributed by atoms with E-state index in [1.807, 2.05) is 30.3 Å². The Kier molecular flexibility index (Phi) is 2.72. The molecular formula is C15H14N2O2. The van der Waals surface area contributed by atoms with Crippen LogP contribution in [0.5, 0.6) is 0 Å². The molecule has 0 aliphatic carbocycles. The van der Waals surface area contributed by atoms with Crippen molar-refractivity contribution in [2.75, 3.05) is 4.90 Å². The molecule has 2 heterocycles. The van der Waals surface area contributed by atoms with Crippen LogP contribution in [0.1, 0.15) is 12.5 Å². The molecule has 4 nitrogen and oxygen atoms in total. The molecule has 1 aliphatic heterocycles. The summed E-state index contributed by atoms with van der Waals surface area (Å²) in [5, 5.41) is 20.5. The van der Waals surface area contributed by atoms with Crippen molar-refractivity contribution in [2.24, 2.45) is 0 Å². The lowest BCUT2D eigenvalue weighted by molar-refractivity contribution is 0.211. The summed E-state index contributed by atoms with van der Waals surface area (Å²) in [5.74, 6) is 0.659. The van der Waals surface area contributed by atoms with E-state index < -0.39 is 6.23 Å². The van der Waals surface area contributed by atoms with Gasteiger partial charge in [0.05, 0.1) is 5.56 Å². The van der Waals surface area contributed by atoms with Gasteiger partial charge in [0.25, 0.3) is 0 Å². The van der Waals surface area contributed by atoms with Gasteiger partial charge in [0, 0.05) is 17.5 Å². The molecule has 1 aromatic carbocycles. The SMILES string of the molecule is CC1=C(O)c2cccnc2N(c2ccccc2)C1O. The molecule has 19 heavy (non-hydrogen) atoms. The molecule has 3 rings (SSSR count). The number of aliphatic hydroxyl groups excluding tert-OH is 2. The lowest BCUT2D eigenvalue weighted by Crippen LogP contribution is -2.36. The summed E-state index contributed by atoms with van der Waals surface area (Å²) in [6.07, 6.45) is 0.736. The Bertz CT molecular complexity index is 638. The van der Waals surface area contributed by atoms with Gasteiger partial charge < -0.3 is 10.2 Å². The normalized spacial score (nSPS) is 18.4. The van der Waals surface area contributed by atoms with E-state index in [4.69, 9.17) is 0 Å². The first-order chi connectivity index (χ1) is 9.20. The standard InChI is InChI=1S/C15H14N2O2/c1-10-13(18)12-8-5-9-16-14(12)17(15(10)19)11-6-3-2-4-7-11/h2-9,15,18-19H,1H3. The van der Waals surface area contributed by atoms with Crippen LogP contribution in [0.2, 0.25) is 0 Å². The molecule has 1 aromatic heterocycles. The second kappa shape index (κ2) is 4.40. The summed E-state index contributed by atoms with van der Waals surface area (Å²) in [7, 11) is 0. The highest BCUT2D eigenvalue weighted by Crippen LogP contribution is 2.38. The molecular weight excluding hydrogens is 240 g/mol. The Labute approximate surface area is 111 Å². The number of anilines is 2. The molecule has 0 amide bonds. The number of aromatic nitrogens is 1. The number of para-hydroxylation sites is 1. The zero-order valence-corrected chi connectivity index (χ0v) is 10.5. The number of nitrogens with zero attached hydrogens (tertiary/aromatic N) is 2. The highest BCUT2D eigenvalue weighted by molar-refractivity contribution is 5.80. The summed E-state index contributed by atoms with van der Waals surface area (Å²) >= 11 is 0. The highest BCUT2D eigenvalue weighted by atomic mass is 16.3. The van der Waals surface area contributed by atoms with Crippen molar-refractivity contribution < 1.29 is 10.2 Å². The zero-order valence-electron chi connectivity index (χ0n) is 10.5. The summed E-state index contributed by atoms with van der Waals surface area (Å²) in [4.78, 5) is 6.00. The molecule has 0 bridgehead atoms. The number of aliphatic hydroxyl groups is 2. The fourth-order valence-corrected chi connectivity index (χ4v) is 2.27. The Morgan fingerprint density at radius 3 is 2.58 bits per heavy atom. The second-order valence-corrected chi connectivity index (χ2v) is 4.49. The van der Waals surface area contributed by atoms with Crippen LogP contribution in [0.3, 0.4) is 0 Å². The van der Waals surface area contributed by atoms with Crippen molar-refractivity contribution in [2.45, 2.75) is 13.2 Å². The molecule has 2 aromatic rings. The predicted molar refractivity (Wildman–Crippen MR) is 74.0 cm³/mol. The second-order valence-electron chi connectivity index (χ2n) is 4.49. The van der Waals surface area contributed by atoms with Crippen molar-refractivity contribution in [1.29, 1.82) is 0 Å². The van der Waals surface area contributed by atoms with E-state index >= 15 is 0 Å². The molecule has 2 N–H and O–H groups in total. The third-order valence-corrected chi connectivity index (χ3v) is 3.31. The summed E-state index contributed by atoms with van der Waals surface area (Å²) < 4.78 is 0. The van der Waals surface area contributed by atoms with E-state index in [2.05, 4.69) is 4.98 Å². The lowest BCUT2D eigenvalue weighted by Gasteiger charge is -2.35. The van der Waals surface area contributed by atoms with E-state index in [9.17, 15) is 10.2 Å². The Morgan fingerprint density at radius 2 is 1.84 bits per heavy atom. The quantitative estimate of drug-likeness (QED) is 0.821. The first-order valence-electron chi connectivity index (χ1n) is 6.07.